The lowest BCUT2D eigenvalue weighted by Crippen LogP contribution is -2.54. The molecule has 6 nitrogen and oxygen atoms in total. The number of aliphatic hydroxyl groups excluding tert-OH is 3. The zero-order valence-electron chi connectivity index (χ0n) is 26.6. The summed E-state index contributed by atoms with van der Waals surface area (Å²) >= 11 is 0. The highest BCUT2D eigenvalue weighted by molar-refractivity contribution is 6.10. The van der Waals surface area contributed by atoms with Crippen molar-refractivity contribution in [2.24, 2.45) is 5.41 Å². The van der Waals surface area contributed by atoms with Crippen molar-refractivity contribution < 1.29 is 38.4 Å². The maximum Gasteiger partial charge on any atom is 0.416 e. The van der Waals surface area contributed by atoms with E-state index in [0.717, 1.165) is 29.7 Å². The first-order valence-electron chi connectivity index (χ1n) is 16.1. The van der Waals surface area contributed by atoms with Crippen LogP contribution in [0.1, 0.15) is 104 Å². The molecule has 0 aromatic heterocycles. The average Bonchev–Trinajstić information content (AvgIpc) is 3.24. The van der Waals surface area contributed by atoms with Crippen LogP contribution in [0.15, 0.2) is 54.1 Å². The van der Waals surface area contributed by atoms with Gasteiger partial charge in [-0.3, -0.25) is 9.69 Å². The van der Waals surface area contributed by atoms with E-state index in [2.05, 4.69) is 6.08 Å². The molecular formula is C36H48F3NO5. The van der Waals surface area contributed by atoms with Crippen molar-refractivity contribution in [1.29, 1.82) is 0 Å². The van der Waals surface area contributed by atoms with Gasteiger partial charge in [-0.25, -0.2) is 0 Å². The van der Waals surface area contributed by atoms with Crippen molar-refractivity contribution in [2.75, 3.05) is 26.2 Å². The number of hydrogen-bond acceptors (Lipinski definition) is 6. The Balaban J connectivity index is 1.84. The molecule has 248 valence electrons. The van der Waals surface area contributed by atoms with Gasteiger partial charge in [0.1, 0.15) is 0 Å². The van der Waals surface area contributed by atoms with E-state index in [1.807, 2.05) is 37.8 Å². The Kier molecular flexibility index (Phi) is 11.3. The molecule has 4 N–H and O–H groups in total. The topological polar surface area (TPSA) is 101 Å². The second kappa shape index (κ2) is 14.5. The van der Waals surface area contributed by atoms with Crippen molar-refractivity contribution in [3.8, 4) is 0 Å². The molecule has 2 aromatic carbocycles. The molecule has 3 aliphatic carbocycles. The lowest BCUT2D eigenvalue weighted by molar-refractivity contribution is -0.137. The Morgan fingerprint density at radius 3 is 2.58 bits per heavy atom. The Labute approximate surface area is 264 Å². The maximum absolute atomic E-state index is 14.1. The van der Waals surface area contributed by atoms with Crippen LogP contribution >= 0.6 is 0 Å². The molecule has 1 fully saturated rings. The Morgan fingerprint density at radius 1 is 1.13 bits per heavy atom. The summed E-state index contributed by atoms with van der Waals surface area (Å²) in [6, 6.07) is 9.94. The minimum atomic E-state index is -4.60. The number of ketones is 1. The highest BCUT2D eigenvalue weighted by atomic mass is 19.4. The van der Waals surface area contributed by atoms with Crippen LogP contribution in [0.25, 0.3) is 0 Å². The summed E-state index contributed by atoms with van der Waals surface area (Å²) < 4.78 is 40.8. The van der Waals surface area contributed by atoms with Gasteiger partial charge in [-0.2, -0.15) is 13.2 Å². The second-order valence-electron chi connectivity index (χ2n) is 13.4. The molecule has 5 atom stereocenters. The number of carbonyl (C=O) groups excluding carboxylic acids is 1. The molecule has 0 amide bonds. The summed E-state index contributed by atoms with van der Waals surface area (Å²) in [5, 5.41) is 43.1. The van der Waals surface area contributed by atoms with Gasteiger partial charge in [0, 0.05) is 29.6 Å². The summed E-state index contributed by atoms with van der Waals surface area (Å²) in [5.74, 6) is -0.805. The van der Waals surface area contributed by atoms with Crippen molar-refractivity contribution in [3.63, 3.8) is 0 Å². The zero-order valence-corrected chi connectivity index (χ0v) is 26.6. The van der Waals surface area contributed by atoms with Gasteiger partial charge in [-0.1, -0.05) is 49.8 Å². The molecule has 0 spiro atoms. The third kappa shape index (κ3) is 8.06. The average molecular weight is 632 g/mol. The van der Waals surface area contributed by atoms with Crippen molar-refractivity contribution in [1.82, 2.24) is 4.90 Å². The van der Waals surface area contributed by atoms with Crippen molar-refractivity contribution in [2.45, 2.75) is 102 Å². The van der Waals surface area contributed by atoms with E-state index in [1.54, 1.807) is 6.07 Å². The summed E-state index contributed by atoms with van der Waals surface area (Å²) in [7, 11) is 0. The van der Waals surface area contributed by atoms with E-state index in [1.165, 1.54) is 12.1 Å². The van der Waals surface area contributed by atoms with Crippen LogP contribution < -0.4 is 0 Å². The summed E-state index contributed by atoms with van der Waals surface area (Å²) in [6.07, 6.45) is 0.544. The van der Waals surface area contributed by atoms with Crippen LogP contribution in [0.3, 0.4) is 0 Å². The lowest BCUT2D eigenvalue weighted by atomic mass is 9.64. The predicted octanol–water partition coefficient (Wildman–Crippen LogP) is 6.04. The molecule has 0 radical (unpaired) electrons. The first kappa shape index (κ1) is 35.3. The summed E-state index contributed by atoms with van der Waals surface area (Å²) in [6.45, 7) is 6.82. The van der Waals surface area contributed by atoms with Crippen LogP contribution in [-0.4, -0.2) is 75.2 Å². The molecule has 0 aliphatic heterocycles. The molecule has 2 bridgehead atoms. The Morgan fingerprint density at radius 2 is 1.89 bits per heavy atom. The lowest BCUT2D eigenvalue weighted by Gasteiger charge is -2.46. The largest absolute Gasteiger partial charge is 0.416 e. The number of carbonyl (C=O) groups is 1. The SMILES string of the molecule is CCCN(C[C@H](O)CO)C[C@]1(O)CC[C@H]2c3ccc(cc3C(=O)c3cccc(C(F)(F)F)c3)C[C@@H](O)CCC(C)=CCC[C@@]21C. The van der Waals surface area contributed by atoms with E-state index < -0.39 is 40.7 Å². The van der Waals surface area contributed by atoms with Crippen molar-refractivity contribution >= 4 is 5.78 Å². The normalized spacial score (nSPS) is 26.8. The van der Waals surface area contributed by atoms with Gasteiger partial charge in [-0.05, 0) is 100 Å². The minimum absolute atomic E-state index is 0.0643. The van der Waals surface area contributed by atoms with Gasteiger partial charge in [-0.15, -0.1) is 0 Å². The molecule has 0 unspecified atom stereocenters. The van der Waals surface area contributed by atoms with Crippen LogP contribution in [0, 0.1) is 5.41 Å². The quantitative estimate of drug-likeness (QED) is 0.199. The minimum Gasteiger partial charge on any atom is -0.394 e. The van der Waals surface area contributed by atoms with Crippen molar-refractivity contribution in [3.05, 3.63) is 81.9 Å². The summed E-state index contributed by atoms with van der Waals surface area (Å²) in [5.41, 5.74) is -0.0330. The first-order chi connectivity index (χ1) is 21.2. The van der Waals surface area contributed by atoms with E-state index >= 15 is 0 Å². The number of fused-ring (bicyclic) bond motifs is 8. The smallest absolute Gasteiger partial charge is 0.394 e. The standard InChI is InChI=1S/C36H48F3NO5/c1-4-17-40(21-29(43)22-41)23-35(45)16-14-32-30-13-11-25(18-28(42)12-10-24(2)7-6-15-34(32,35)3)19-31(30)33(44)26-8-5-9-27(20-26)36(37,38)39/h5,7-9,11,13,19-20,28-29,32,41-43,45H,4,6,10,12,14-18,21-23H2,1-3H3/t28-,29-,32-,34-,35+/m0/s1. The number of rotatable bonds is 9. The number of hydrogen-bond donors (Lipinski definition) is 4. The monoisotopic (exact) mass is 631 g/mol. The maximum atomic E-state index is 14.1. The van der Waals surface area contributed by atoms with E-state index in [0.29, 0.717) is 62.6 Å². The van der Waals surface area contributed by atoms with Gasteiger partial charge in [0.15, 0.2) is 5.78 Å². The van der Waals surface area contributed by atoms with Gasteiger partial charge in [0.25, 0.3) is 0 Å². The molecule has 0 heterocycles. The molecule has 1 saturated carbocycles. The predicted molar refractivity (Wildman–Crippen MR) is 168 cm³/mol. The third-order valence-electron chi connectivity index (χ3n) is 10.1. The zero-order chi connectivity index (χ0) is 33.0. The molecule has 3 aliphatic rings. The van der Waals surface area contributed by atoms with E-state index in [9.17, 15) is 38.4 Å². The number of alkyl halides is 3. The Hall–Kier alpha value is -2.56. The summed E-state index contributed by atoms with van der Waals surface area (Å²) in [4.78, 5) is 16.1. The number of allylic oxidation sites excluding steroid dienone is 2. The van der Waals surface area contributed by atoms with Crippen LogP contribution in [-0.2, 0) is 12.6 Å². The fourth-order valence-electron chi connectivity index (χ4n) is 7.47. The highest BCUT2D eigenvalue weighted by Crippen LogP contribution is 2.59. The molecule has 45 heavy (non-hydrogen) atoms. The van der Waals surface area contributed by atoms with Gasteiger partial charge in [0.05, 0.1) is 30.0 Å². The molecule has 0 saturated heterocycles. The third-order valence-corrected chi connectivity index (χ3v) is 10.1. The van der Waals surface area contributed by atoms with Gasteiger partial charge < -0.3 is 20.4 Å². The molecule has 2 aromatic rings. The molecular weight excluding hydrogens is 583 g/mol. The van der Waals surface area contributed by atoms with E-state index in [4.69, 9.17) is 0 Å². The van der Waals surface area contributed by atoms with Crippen LogP contribution in [0.4, 0.5) is 13.2 Å². The van der Waals surface area contributed by atoms with E-state index in [-0.39, 0.29) is 31.2 Å². The number of nitrogens with zero attached hydrogens (tertiary/aromatic N) is 1. The first-order valence-corrected chi connectivity index (χ1v) is 16.1. The fraction of sp³-hybridized carbons (Fsp3) is 0.583. The number of benzene rings is 2. The molecule has 5 rings (SSSR count). The van der Waals surface area contributed by atoms with Gasteiger partial charge in [0.2, 0.25) is 0 Å². The van der Waals surface area contributed by atoms with Crippen LogP contribution in [0.2, 0.25) is 0 Å². The number of halogens is 3. The fourth-order valence-corrected chi connectivity index (χ4v) is 7.47. The number of aliphatic hydroxyl groups is 4. The highest BCUT2D eigenvalue weighted by Gasteiger charge is 2.57. The van der Waals surface area contributed by atoms with Crippen LogP contribution in [0.5, 0.6) is 0 Å². The van der Waals surface area contributed by atoms with Gasteiger partial charge >= 0.3 is 6.18 Å². The second-order valence-corrected chi connectivity index (χ2v) is 13.4. The Bertz CT molecular complexity index is 1360. The molecule has 9 heteroatoms.